The highest BCUT2D eigenvalue weighted by Gasteiger charge is 2.47. The van der Waals surface area contributed by atoms with Crippen LogP contribution in [0.3, 0.4) is 0 Å². The number of hydrogen-bond donors (Lipinski definition) is 0. The molecule has 79 heavy (non-hydrogen) atoms. The Morgan fingerprint density at radius 1 is 0.304 bits per heavy atom. The summed E-state index contributed by atoms with van der Waals surface area (Å²) in [6, 6.07) is 92.7. The summed E-state index contributed by atoms with van der Waals surface area (Å²) < 4.78 is 2.47. The van der Waals surface area contributed by atoms with Crippen molar-refractivity contribution in [1.82, 2.24) is 4.40 Å². The number of aromatic nitrogens is 1. The molecule has 12 aromatic carbocycles. The van der Waals surface area contributed by atoms with E-state index in [0.717, 1.165) is 49.8 Å². The van der Waals surface area contributed by atoms with Crippen LogP contribution in [0.2, 0.25) is 0 Å². The summed E-state index contributed by atoms with van der Waals surface area (Å²) in [4.78, 5) is 0. The van der Waals surface area contributed by atoms with Crippen LogP contribution in [0, 0.1) is 22.7 Å². The van der Waals surface area contributed by atoms with Crippen LogP contribution in [-0.2, 0) is 0 Å². The van der Waals surface area contributed by atoms with Crippen molar-refractivity contribution in [3.8, 4) is 56.6 Å². The van der Waals surface area contributed by atoms with Gasteiger partial charge >= 0.3 is 0 Å². The highest BCUT2D eigenvalue weighted by atomic mass is 14.9. The van der Waals surface area contributed by atoms with Crippen molar-refractivity contribution in [2.45, 2.75) is 23.7 Å². The lowest BCUT2D eigenvalue weighted by atomic mass is 9.59. The van der Waals surface area contributed by atoms with Gasteiger partial charge in [-0.1, -0.05) is 200 Å². The molecule has 4 bridgehead atoms. The van der Waals surface area contributed by atoms with Gasteiger partial charge in [0.05, 0.1) is 39.8 Å². The molecule has 6 aliphatic carbocycles. The summed E-state index contributed by atoms with van der Waals surface area (Å²) in [7, 11) is 0. The normalized spacial score (nSPS) is 16.8. The fourth-order valence-corrected chi connectivity index (χ4v) is 15.8. The van der Waals surface area contributed by atoms with Gasteiger partial charge in [-0.25, -0.2) is 0 Å². The van der Waals surface area contributed by atoms with Crippen molar-refractivity contribution in [2.75, 3.05) is 0 Å². The van der Waals surface area contributed by atoms with Crippen LogP contribution < -0.4 is 0 Å². The third-order valence-electron chi connectivity index (χ3n) is 18.7. The number of nitriles is 2. The molecule has 362 valence electrons. The van der Waals surface area contributed by atoms with E-state index >= 15 is 0 Å². The molecule has 2 heterocycles. The first-order chi connectivity index (χ1) is 39.2. The quantitative estimate of drug-likeness (QED) is 0.176. The lowest BCUT2D eigenvalue weighted by Gasteiger charge is -2.43. The zero-order chi connectivity index (χ0) is 51.8. The fourth-order valence-electron chi connectivity index (χ4n) is 15.8. The first-order valence-corrected chi connectivity index (χ1v) is 27.5. The maximum Gasteiger partial charge on any atom is 0.0995 e. The van der Waals surface area contributed by atoms with Crippen molar-refractivity contribution in [1.29, 1.82) is 10.5 Å². The molecular weight excluding hydrogens is 955 g/mol. The molecule has 0 saturated carbocycles. The minimum Gasteiger partial charge on any atom is -0.308 e. The predicted octanol–water partition coefficient (Wildman–Crippen LogP) is 18.4. The summed E-state index contributed by atoms with van der Waals surface area (Å²) >= 11 is 0. The van der Waals surface area contributed by atoms with Gasteiger partial charge in [0.15, 0.2) is 0 Å². The molecule has 0 N–H and O–H groups in total. The van der Waals surface area contributed by atoms with E-state index < -0.39 is 0 Å². The molecule has 0 spiro atoms. The smallest absolute Gasteiger partial charge is 0.0995 e. The Kier molecular flexibility index (Phi) is 8.49. The largest absolute Gasteiger partial charge is 0.308 e. The SMILES string of the molecule is N#Cc1cc2c(c3c1C1c4ccccc4C3c3ccccc31)c1cc3cc(-c4c(-c5ccccc5)cc(-c5ccccc5)cc4-c4ccccc4)ccc3c3c4c5c(c(C#N)cc4n2c13)C1c2ccccc2C5c2ccccc21. The minimum atomic E-state index is -0.0827. The van der Waals surface area contributed by atoms with Gasteiger partial charge in [-0.2, -0.15) is 10.5 Å². The van der Waals surface area contributed by atoms with E-state index in [-0.39, 0.29) is 23.7 Å². The van der Waals surface area contributed by atoms with Crippen molar-refractivity contribution < 1.29 is 0 Å². The highest BCUT2D eigenvalue weighted by molar-refractivity contribution is 6.33. The summed E-state index contributed by atoms with van der Waals surface area (Å²) in [5.74, 6) is -0.309. The molecule has 6 aliphatic rings. The number of fused-ring (bicyclic) bond motifs is 8. The van der Waals surface area contributed by atoms with Gasteiger partial charge in [0, 0.05) is 45.2 Å². The number of benzene rings is 12. The van der Waals surface area contributed by atoms with Crippen LogP contribution in [0.5, 0.6) is 0 Å². The molecule has 0 unspecified atom stereocenters. The Balaban J connectivity index is 1.02. The van der Waals surface area contributed by atoms with Gasteiger partial charge < -0.3 is 4.40 Å². The van der Waals surface area contributed by atoms with E-state index in [0.29, 0.717) is 11.1 Å². The van der Waals surface area contributed by atoms with Gasteiger partial charge in [-0.05, 0) is 158 Å². The van der Waals surface area contributed by atoms with Crippen LogP contribution >= 0.6 is 0 Å². The molecule has 0 atom stereocenters. The van der Waals surface area contributed by atoms with Crippen LogP contribution in [0.15, 0.2) is 237 Å². The summed E-state index contributed by atoms with van der Waals surface area (Å²) in [5.41, 5.74) is 29.0. The van der Waals surface area contributed by atoms with E-state index in [1.165, 1.54) is 110 Å². The van der Waals surface area contributed by atoms with E-state index in [2.05, 4.69) is 253 Å². The standard InChI is InChI=1S/C76H43N3/c77-40-48-38-62-71(74-65(48)67-51-24-10-14-28-55(51)69(74)56-29-15-11-25-52(56)67)61-37-47-34-45(64-59(43-20-6-2-7-21-43)35-46(42-18-4-1-5-19-42)36-60(64)44-22-8-3-9-23-44)32-33-50(47)72-73-63(79(62)76(61)72)39-49(41-78)66-68-53-26-12-16-30-57(53)70(75(66)73)58-31-17-13-27-54(58)68/h1-39,67-70H. The molecule has 0 radical (unpaired) electrons. The first kappa shape index (κ1) is 42.9. The lowest BCUT2D eigenvalue weighted by Crippen LogP contribution is -2.28. The zero-order valence-corrected chi connectivity index (χ0v) is 42.7. The zero-order valence-electron chi connectivity index (χ0n) is 42.7. The molecule has 2 aromatic heterocycles. The number of hydrogen-bond acceptors (Lipinski definition) is 2. The molecule has 14 aromatic rings. The lowest BCUT2D eigenvalue weighted by molar-refractivity contribution is 0.758. The van der Waals surface area contributed by atoms with Gasteiger partial charge in [0.1, 0.15) is 0 Å². The maximum absolute atomic E-state index is 11.5. The first-order valence-electron chi connectivity index (χ1n) is 27.5. The number of nitrogens with zero attached hydrogens (tertiary/aromatic N) is 3. The third-order valence-corrected chi connectivity index (χ3v) is 18.7. The average molecular weight is 998 g/mol. The van der Waals surface area contributed by atoms with Gasteiger partial charge in [0.2, 0.25) is 0 Å². The van der Waals surface area contributed by atoms with Crippen LogP contribution in [0.1, 0.15) is 102 Å². The summed E-state index contributed by atoms with van der Waals surface area (Å²) in [6.07, 6.45) is 0. The van der Waals surface area contributed by atoms with Gasteiger partial charge in [-0.3, -0.25) is 0 Å². The Labute approximate surface area is 456 Å². The molecule has 0 saturated heterocycles. The third kappa shape index (κ3) is 5.49. The van der Waals surface area contributed by atoms with Gasteiger partial charge in [-0.15, -0.1) is 0 Å². The Morgan fingerprint density at radius 3 is 1.14 bits per heavy atom. The monoisotopic (exact) mass is 997 g/mol. The highest BCUT2D eigenvalue weighted by Crippen LogP contribution is 2.63. The average Bonchev–Trinajstić information content (AvgIpc) is 3.88. The van der Waals surface area contributed by atoms with E-state index in [4.69, 9.17) is 0 Å². The van der Waals surface area contributed by atoms with Crippen LogP contribution in [-0.4, -0.2) is 4.40 Å². The molecule has 0 amide bonds. The molecule has 0 aliphatic heterocycles. The summed E-state index contributed by atoms with van der Waals surface area (Å²) in [5, 5.41) is 30.1. The van der Waals surface area contributed by atoms with E-state index in [9.17, 15) is 10.5 Å². The molecule has 3 heteroatoms. The van der Waals surface area contributed by atoms with Crippen molar-refractivity contribution in [3.05, 3.63) is 314 Å². The van der Waals surface area contributed by atoms with E-state index in [1.807, 2.05) is 0 Å². The van der Waals surface area contributed by atoms with E-state index in [1.54, 1.807) is 0 Å². The predicted molar refractivity (Wildman–Crippen MR) is 319 cm³/mol. The molecule has 20 rings (SSSR count). The van der Waals surface area contributed by atoms with Crippen molar-refractivity contribution in [3.63, 3.8) is 0 Å². The van der Waals surface area contributed by atoms with Crippen molar-refractivity contribution in [2.24, 2.45) is 0 Å². The van der Waals surface area contributed by atoms with Crippen LogP contribution in [0.4, 0.5) is 0 Å². The fraction of sp³-hybridized carbons (Fsp3) is 0.0526. The van der Waals surface area contributed by atoms with Crippen molar-refractivity contribution >= 4 is 48.9 Å². The number of rotatable bonds is 4. The Hall–Kier alpha value is -10.3. The minimum absolute atomic E-state index is 0.0708. The van der Waals surface area contributed by atoms with Crippen LogP contribution in [0.25, 0.3) is 93.4 Å². The van der Waals surface area contributed by atoms with Gasteiger partial charge in [0.25, 0.3) is 0 Å². The molecule has 0 fully saturated rings. The topological polar surface area (TPSA) is 52.0 Å². The summed E-state index contributed by atoms with van der Waals surface area (Å²) in [6.45, 7) is 0. The Morgan fingerprint density at radius 2 is 0.696 bits per heavy atom. The second-order valence-corrected chi connectivity index (χ2v) is 22.2. The second kappa shape index (κ2) is 15.6. The molecular formula is C76H43N3. The molecule has 3 nitrogen and oxygen atoms in total. The second-order valence-electron chi connectivity index (χ2n) is 22.2. The maximum atomic E-state index is 11.5. The Bertz CT molecular complexity index is 4950.